The predicted octanol–water partition coefficient (Wildman–Crippen LogP) is 1.30. The van der Waals surface area contributed by atoms with Gasteiger partial charge in [0.15, 0.2) is 0 Å². The molecule has 0 aliphatic carbocycles. The van der Waals surface area contributed by atoms with Crippen molar-refractivity contribution in [3.05, 3.63) is 36.2 Å². The molecule has 0 saturated carbocycles. The van der Waals surface area contributed by atoms with E-state index in [9.17, 15) is 0 Å². The SMILES string of the molecule is CC(c1cc2ccccn2n1)N1CCNCC1. The van der Waals surface area contributed by atoms with Gasteiger partial charge in [0.1, 0.15) is 0 Å². The average molecular weight is 230 g/mol. The zero-order valence-corrected chi connectivity index (χ0v) is 10.1. The number of nitrogens with one attached hydrogen (secondary N) is 1. The molecule has 90 valence electrons. The van der Waals surface area contributed by atoms with Crippen molar-refractivity contribution in [2.45, 2.75) is 13.0 Å². The van der Waals surface area contributed by atoms with E-state index in [1.165, 1.54) is 5.52 Å². The Labute approximate surface area is 101 Å². The Morgan fingerprint density at radius 3 is 2.88 bits per heavy atom. The van der Waals surface area contributed by atoms with Crippen LogP contribution in [-0.2, 0) is 0 Å². The molecule has 1 atom stereocenters. The van der Waals surface area contributed by atoms with Gasteiger partial charge in [-0.05, 0) is 25.1 Å². The molecule has 1 N–H and O–H groups in total. The normalized spacial score (nSPS) is 19.6. The van der Waals surface area contributed by atoms with Gasteiger partial charge in [-0.3, -0.25) is 4.90 Å². The Morgan fingerprint density at radius 2 is 2.12 bits per heavy atom. The van der Waals surface area contributed by atoms with Crippen LogP contribution in [0.3, 0.4) is 0 Å². The van der Waals surface area contributed by atoms with Crippen molar-refractivity contribution < 1.29 is 0 Å². The fourth-order valence-corrected chi connectivity index (χ4v) is 2.42. The molecule has 0 radical (unpaired) electrons. The first-order chi connectivity index (χ1) is 8.34. The third-order valence-corrected chi connectivity index (χ3v) is 3.52. The number of rotatable bonds is 2. The first-order valence-electron chi connectivity index (χ1n) is 6.24. The molecular formula is C13H18N4. The highest BCUT2D eigenvalue weighted by Crippen LogP contribution is 2.20. The number of nitrogens with zero attached hydrogens (tertiary/aromatic N) is 3. The summed E-state index contributed by atoms with van der Waals surface area (Å²) in [6.07, 6.45) is 2.00. The lowest BCUT2D eigenvalue weighted by atomic mass is 10.2. The van der Waals surface area contributed by atoms with Crippen LogP contribution in [0.5, 0.6) is 0 Å². The maximum Gasteiger partial charge on any atom is 0.0803 e. The van der Waals surface area contributed by atoms with Crippen molar-refractivity contribution in [2.75, 3.05) is 26.2 Å². The zero-order valence-electron chi connectivity index (χ0n) is 10.1. The molecule has 3 heterocycles. The largest absolute Gasteiger partial charge is 0.314 e. The first-order valence-corrected chi connectivity index (χ1v) is 6.24. The van der Waals surface area contributed by atoms with E-state index in [0.717, 1.165) is 31.9 Å². The van der Waals surface area contributed by atoms with Gasteiger partial charge in [0.25, 0.3) is 0 Å². The fourth-order valence-electron chi connectivity index (χ4n) is 2.42. The summed E-state index contributed by atoms with van der Waals surface area (Å²) in [5.74, 6) is 0. The number of aromatic nitrogens is 2. The topological polar surface area (TPSA) is 32.6 Å². The Hall–Kier alpha value is -1.39. The van der Waals surface area contributed by atoms with E-state index in [1.807, 2.05) is 16.8 Å². The van der Waals surface area contributed by atoms with Crippen LogP contribution < -0.4 is 5.32 Å². The summed E-state index contributed by atoms with van der Waals surface area (Å²) < 4.78 is 1.95. The summed E-state index contributed by atoms with van der Waals surface area (Å²) >= 11 is 0. The third-order valence-electron chi connectivity index (χ3n) is 3.52. The lowest BCUT2D eigenvalue weighted by Gasteiger charge is -2.31. The van der Waals surface area contributed by atoms with Crippen LogP contribution in [0.2, 0.25) is 0 Å². The van der Waals surface area contributed by atoms with Crippen molar-refractivity contribution in [1.82, 2.24) is 19.8 Å². The summed E-state index contributed by atoms with van der Waals surface area (Å²) in [6.45, 7) is 6.62. The van der Waals surface area contributed by atoms with E-state index in [0.29, 0.717) is 6.04 Å². The highest BCUT2D eigenvalue weighted by atomic mass is 15.3. The molecular weight excluding hydrogens is 212 g/mol. The molecule has 3 rings (SSSR count). The van der Waals surface area contributed by atoms with Gasteiger partial charge in [-0.1, -0.05) is 6.07 Å². The summed E-state index contributed by atoms with van der Waals surface area (Å²) in [5, 5.41) is 8.02. The molecule has 2 aromatic rings. The maximum atomic E-state index is 4.64. The first kappa shape index (κ1) is 10.7. The minimum atomic E-state index is 0.400. The molecule has 4 heteroatoms. The highest BCUT2D eigenvalue weighted by molar-refractivity contribution is 5.47. The van der Waals surface area contributed by atoms with Crippen molar-refractivity contribution in [1.29, 1.82) is 0 Å². The summed E-state index contributed by atoms with van der Waals surface area (Å²) in [6, 6.07) is 8.75. The Balaban J connectivity index is 1.86. The van der Waals surface area contributed by atoms with Crippen LogP contribution in [0.4, 0.5) is 0 Å². The highest BCUT2D eigenvalue weighted by Gasteiger charge is 2.19. The second kappa shape index (κ2) is 4.47. The van der Waals surface area contributed by atoms with E-state index in [-0.39, 0.29) is 0 Å². The molecule has 17 heavy (non-hydrogen) atoms. The Bertz CT molecular complexity index is 466. The number of piperazine rings is 1. The monoisotopic (exact) mass is 230 g/mol. The third kappa shape index (κ3) is 2.06. The van der Waals surface area contributed by atoms with Crippen LogP contribution in [0, 0.1) is 0 Å². The molecule has 0 bridgehead atoms. The van der Waals surface area contributed by atoms with E-state index < -0.39 is 0 Å². The molecule has 0 aromatic carbocycles. The molecule has 0 amide bonds. The molecule has 1 aliphatic rings. The summed E-state index contributed by atoms with van der Waals surface area (Å²) in [5.41, 5.74) is 2.34. The van der Waals surface area contributed by atoms with E-state index in [4.69, 9.17) is 0 Å². The van der Waals surface area contributed by atoms with Crippen molar-refractivity contribution in [3.8, 4) is 0 Å². The van der Waals surface area contributed by atoms with Crippen LogP contribution in [0.15, 0.2) is 30.5 Å². The van der Waals surface area contributed by atoms with Gasteiger partial charge in [0, 0.05) is 32.4 Å². The van der Waals surface area contributed by atoms with Crippen molar-refractivity contribution in [2.24, 2.45) is 0 Å². The van der Waals surface area contributed by atoms with Crippen molar-refractivity contribution in [3.63, 3.8) is 0 Å². The molecule has 1 aliphatic heterocycles. The maximum absolute atomic E-state index is 4.64. The van der Waals surface area contributed by atoms with Gasteiger partial charge in [-0.2, -0.15) is 5.10 Å². The average Bonchev–Trinajstić information content (AvgIpc) is 2.82. The van der Waals surface area contributed by atoms with Gasteiger partial charge in [-0.15, -0.1) is 0 Å². The second-order valence-corrected chi connectivity index (χ2v) is 4.60. The van der Waals surface area contributed by atoms with Gasteiger partial charge in [-0.25, -0.2) is 4.52 Å². The van der Waals surface area contributed by atoms with Gasteiger partial charge in [0.05, 0.1) is 17.3 Å². The zero-order chi connectivity index (χ0) is 11.7. The number of hydrogen-bond donors (Lipinski definition) is 1. The molecule has 4 nitrogen and oxygen atoms in total. The van der Waals surface area contributed by atoms with Crippen LogP contribution >= 0.6 is 0 Å². The molecule has 1 fully saturated rings. The van der Waals surface area contributed by atoms with E-state index in [2.05, 4.69) is 40.4 Å². The summed E-state index contributed by atoms with van der Waals surface area (Å²) in [7, 11) is 0. The quantitative estimate of drug-likeness (QED) is 0.844. The lowest BCUT2D eigenvalue weighted by Crippen LogP contribution is -2.44. The minimum Gasteiger partial charge on any atom is -0.314 e. The Kier molecular flexibility index (Phi) is 2.82. The van der Waals surface area contributed by atoms with E-state index >= 15 is 0 Å². The Morgan fingerprint density at radius 1 is 1.29 bits per heavy atom. The van der Waals surface area contributed by atoms with Crippen molar-refractivity contribution >= 4 is 5.52 Å². The molecule has 0 spiro atoms. The van der Waals surface area contributed by atoms with Crippen LogP contribution in [0.25, 0.3) is 5.52 Å². The molecule has 2 aromatic heterocycles. The standard InChI is InChI=1S/C13H18N4/c1-11(16-8-5-14-6-9-16)13-10-12-4-2-3-7-17(12)15-13/h2-4,7,10-11,14H,5-6,8-9H2,1H3. The van der Waals surface area contributed by atoms with Gasteiger partial charge < -0.3 is 5.32 Å². The van der Waals surface area contributed by atoms with Crippen LogP contribution in [0.1, 0.15) is 18.7 Å². The number of fused-ring (bicyclic) bond motifs is 1. The number of pyridine rings is 1. The molecule has 1 unspecified atom stereocenters. The second-order valence-electron chi connectivity index (χ2n) is 4.60. The van der Waals surface area contributed by atoms with Gasteiger partial charge in [0.2, 0.25) is 0 Å². The van der Waals surface area contributed by atoms with Gasteiger partial charge >= 0.3 is 0 Å². The predicted molar refractivity (Wildman–Crippen MR) is 68.0 cm³/mol. The lowest BCUT2D eigenvalue weighted by molar-refractivity contribution is 0.182. The smallest absolute Gasteiger partial charge is 0.0803 e. The fraction of sp³-hybridized carbons (Fsp3) is 0.462. The molecule has 1 saturated heterocycles. The summed E-state index contributed by atoms with van der Waals surface area (Å²) in [4.78, 5) is 2.48. The minimum absolute atomic E-state index is 0.400. The number of hydrogen-bond acceptors (Lipinski definition) is 3. The van der Waals surface area contributed by atoms with E-state index in [1.54, 1.807) is 0 Å². The van der Waals surface area contributed by atoms with Crippen LogP contribution in [-0.4, -0.2) is 40.7 Å².